The van der Waals surface area contributed by atoms with E-state index in [1.807, 2.05) is 25.1 Å². The highest BCUT2D eigenvalue weighted by Gasteiger charge is 1.98. The number of nitrogens with zero attached hydrogens (tertiary/aromatic N) is 1. The first kappa shape index (κ1) is 16.1. The summed E-state index contributed by atoms with van der Waals surface area (Å²) in [7, 11) is 0. The Bertz CT molecular complexity index is 618. The summed E-state index contributed by atoms with van der Waals surface area (Å²) in [6, 6.07) is 15.9. The Hall–Kier alpha value is -2.95. The molecule has 21 heavy (non-hydrogen) atoms. The summed E-state index contributed by atoms with van der Waals surface area (Å²) in [4.78, 5) is 19.7. The van der Waals surface area contributed by atoms with Gasteiger partial charge in [-0.15, -0.1) is 0 Å². The number of carboxylic acid groups (broad SMARTS) is 1. The highest BCUT2D eigenvalue weighted by atomic mass is 16.6. The van der Waals surface area contributed by atoms with E-state index in [0.717, 1.165) is 17.3 Å². The number of hydrogen-bond acceptors (Lipinski definition) is 3. The maximum absolute atomic E-state index is 10.3. The summed E-state index contributed by atoms with van der Waals surface area (Å²) < 4.78 is 0. The van der Waals surface area contributed by atoms with Crippen LogP contribution in [0.1, 0.15) is 21.5 Å². The zero-order valence-electron chi connectivity index (χ0n) is 11.5. The van der Waals surface area contributed by atoms with Crippen molar-refractivity contribution in [1.29, 1.82) is 0 Å². The monoisotopic (exact) mass is 285 g/mol. The lowest BCUT2D eigenvalue weighted by Gasteiger charge is -1.92. The lowest BCUT2D eigenvalue weighted by molar-refractivity contribution is -0.400. The molecular weight excluding hydrogens is 270 g/mol. The number of hydrogen-bond donors (Lipinski definition) is 1. The molecule has 108 valence electrons. The Morgan fingerprint density at radius 3 is 2.14 bits per heavy atom. The molecular formula is C16H15NO4. The van der Waals surface area contributed by atoms with Crippen LogP contribution in [0.5, 0.6) is 0 Å². The molecule has 2 rings (SSSR count). The van der Waals surface area contributed by atoms with Crippen molar-refractivity contribution in [3.8, 4) is 0 Å². The average molecular weight is 285 g/mol. The Morgan fingerprint density at radius 1 is 1.10 bits per heavy atom. The predicted molar refractivity (Wildman–Crippen MR) is 80.6 cm³/mol. The highest BCUT2D eigenvalue weighted by Crippen LogP contribution is 2.02. The molecule has 0 amide bonds. The van der Waals surface area contributed by atoms with Gasteiger partial charge in [0.05, 0.1) is 10.5 Å². The molecule has 0 spiro atoms. The van der Waals surface area contributed by atoms with Crippen LogP contribution in [0, 0.1) is 17.0 Å². The number of carbonyl (C=O) groups is 1. The third-order valence-electron chi connectivity index (χ3n) is 2.49. The van der Waals surface area contributed by atoms with Gasteiger partial charge in [-0.25, -0.2) is 4.79 Å². The summed E-state index contributed by atoms with van der Waals surface area (Å²) in [5, 5.41) is 18.4. The summed E-state index contributed by atoms with van der Waals surface area (Å²) in [5.41, 5.74) is 2.25. The fraction of sp³-hybridized carbons (Fsp3) is 0.0625. The minimum atomic E-state index is -0.875. The van der Waals surface area contributed by atoms with Gasteiger partial charge in [0.15, 0.2) is 0 Å². The van der Waals surface area contributed by atoms with E-state index in [4.69, 9.17) is 5.11 Å². The lowest BCUT2D eigenvalue weighted by Crippen LogP contribution is -1.94. The van der Waals surface area contributed by atoms with E-state index in [1.165, 1.54) is 6.08 Å². The van der Waals surface area contributed by atoms with Gasteiger partial charge in [-0.2, -0.15) is 0 Å². The summed E-state index contributed by atoms with van der Waals surface area (Å²) in [6.07, 6.45) is 2.38. The minimum Gasteiger partial charge on any atom is -0.478 e. The smallest absolute Gasteiger partial charge is 0.335 e. The van der Waals surface area contributed by atoms with Crippen LogP contribution < -0.4 is 0 Å². The normalized spacial score (nSPS) is 9.76. The molecule has 0 fully saturated rings. The van der Waals surface area contributed by atoms with Gasteiger partial charge in [-0.05, 0) is 24.6 Å². The molecule has 0 unspecified atom stereocenters. The molecule has 0 heterocycles. The molecule has 0 radical (unpaired) electrons. The molecule has 0 aliphatic heterocycles. The number of rotatable bonds is 3. The largest absolute Gasteiger partial charge is 0.478 e. The van der Waals surface area contributed by atoms with Crippen molar-refractivity contribution in [1.82, 2.24) is 0 Å². The van der Waals surface area contributed by atoms with Crippen LogP contribution in [-0.4, -0.2) is 16.0 Å². The molecule has 2 aromatic rings. The van der Waals surface area contributed by atoms with Gasteiger partial charge in [0.2, 0.25) is 6.20 Å². The zero-order chi connectivity index (χ0) is 15.7. The lowest BCUT2D eigenvalue weighted by atomic mass is 10.2. The number of aromatic carboxylic acids is 1. The summed E-state index contributed by atoms with van der Waals surface area (Å²) in [5.74, 6) is -0.875. The number of nitro groups is 1. The SMILES string of the molecule is Cc1ccc(C(=O)O)cc1.O=[N+]([O-])C=Cc1ccccc1. The third kappa shape index (κ3) is 6.68. The van der Waals surface area contributed by atoms with E-state index in [9.17, 15) is 14.9 Å². The van der Waals surface area contributed by atoms with Gasteiger partial charge in [0, 0.05) is 6.08 Å². The fourth-order valence-corrected chi connectivity index (χ4v) is 1.41. The van der Waals surface area contributed by atoms with Gasteiger partial charge in [0.25, 0.3) is 0 Å². The molecule has 5 nitrogen and oxygen atoms in total. The molecule has 5 heteroatoms. The van der Waals surface area contributed by atoms with Gasteiger partial charge >= 0.3 is 5.97 Å². The Kier molecular flexibility index (Phi) is 6.34. The minimum absolute atomic E-state index is 0.339. The van der Waals surface area contributed by atoms with Crippen LogP contribution >= 0.6 is 0 Å². The van der Waals surface area contributed by atoms with Crippen molar-refractivity contribution in [2.75, 3.05) is 0 Å². The van der Waals surface area contributed by atoms with Crippen LogP contribution in [-0.2, 0) is 0 Å². The molecule has 0 saturated heterocycles. The van der Waals surface area contributed by atoms with E-state index >= 15 is 0 Å². The van der Waals surface area contributed by atoms with Crippen molar-refractivity contribution in [2.45, 2.75) is 6.92 Å². The first-order valence-corrected chi connectivity index (χ1v) is 6.16. The highest BCUT2D eigenvalue weighted by molar-refractivity contribution is 5.87. The van der Waals surface area contributed by atoms with Crippen LogP contribution in [0.25, 0.3) is 6.08 Å². The van der Waals surface area contributed by atoms with Crippen LogP contribution in [0.4, 0.5) is 0 Å². The number of aryl methyl sites for hydroxylation is 1. The Labute approximate surface area is 122 Å². The fourth-order valence-electron chi connectivity index (χ4n) is 1.41. The van der Waals surface area contributed by atoms with E-state index in [0.29, 0.717) is 5.56 Å². The first-order chi connectivity index (χ1) is 9.99. The van der Waals surface area contributed by atoms with Gasteiger partial charge in [-0.1, -0.05) is 48.0 Å². The molecule has 0 aliphatic carbocycles. The first-order valence-electron chi connectivity index (χ1n) is 6.16. The molecule has 0 aromatic heterocycles. The van der Waals surface area contributed by atoms with Crippen LogP contribution in [0.3, 0.4) is 0 Å². The van der Waals surface area contributed by atoms with Crippen molar-refractivity contribution in [2.24, 2.45) is 0 Å². The van der Waals surface area contributed by atoms with E-state index in [2.05, 4.69) is 0 Å². The van der Waals surface area contributed by atoms with E-state index < -0.39 is 10.9 Å². The quantitative estimate of drug-likeness (QED) is 0.689. The predicted octanol–water partition coefficient (Wildman–Crippen LogP) is 3.63. The topological polar surface area (TPSA) is 80.4 Å². The van der Waals surface area contributed by atoms with Gasteiger partial charge < -0.3 is 5.11 Å². The molecule has 0 bridgehead atoms. The molecule has 0 saturated carbocycles. The van der Waals surface area contributed by atoms with E-state index in [1.54, 1.807) is 36.4 Å². The molecule has 1 N–H and O–H groups in total. The Balaban J connectivity index is 0.000000211. The molecule has 0 aliphatic rings. The second kappa shape index (κ2) is 8.27. The standard InChI is InChI=1S/C8H7NO2.C8H8O2/c10-9(11)7-6-8-4-2-1-3-5-8;1-6-2-4-7(5-3-6)8(9)10/h1-7H;2-5H,1H3,(H,9,10). The van der Waals surface area contributed by atoms with Crippen molar-refractivity contribution in [3.05, 3.63) is 87.6 Å². The second-order valence-corrected chi connectivity index (χ2v) is 4.18. The van der Waals surface area contributed by atoms with Crippen LogP contribution in [0.15, 0.2) is 60.8 Å². The second-order valence-electron chi connectivity index (χ2n) is 4.18. The maximum Gasteiger partial charge on any atom is 0.335 e. The molecule has 0 atom stereocenters. The van der Waals surface area contributed by atoms with E-state index in [-0.39, 0.29) is 0 Å². The van der Waals surface area contributed by atoms with Crippen LogP contribution in [0.2, 0.25) is 0 Å². The van der Waals surface area contributed by atoms with Gasteiger partial charge in [0.1, 0.15) is 0 Å². The molecule has 2 aromatic carbocycles. The Morgan fingerprint density at radius 2 is 1.67 bits per heavy atom. The van der Waals surface area contributed by atoms with Crippen molar-refractivity contribution >= 4 is 12.0 Å². The zero-order valence-corrected chi connectivity index (χ0v) is 11.5. The summed E-state index contributed by atoms with van der Waals surface area (Å²) >= 11 is 0. The number of benzene rings is 2. The number of carboxylic acids is 1. The van der Waals surface area contributed by atoms with Crippen molar-refractivity contribution in [3.63, 3.8) is 0 Å². The third-order valence-corrected chi connectivity index (χ3v) is 2.49. The summed E-state index contributed by atoms with van der Waals surface area (Å²) in [6.45, 7) is 1.92. The van der Waals surface area contributed by atoms with Gasteiger partial charge in [-0.3, -0.25) is 10.1 Å². The average Bonchev–Trinajstić information content (AvgIpc) is 2.47. The van der Waals surface area contributed by atoms with Crippen molar-refractivity contribution < 1.29 is 14.8 Å². The maximum atomic E-state index is 10.3.